The van der Waals surface area contributed by atoms with Crippen LogP contribution in [-0.2, 0) is 11.3 Å². The molecule has 0 aromatic carbocycles. The molecule has 0 saturated carbocycles. The van der Waals surface area contributed by atoms with E-state index >= 15 is 0 Å². The van der Waals surface area contributed by atoms with E-state index < -0.39 is 0 Å². The van der Waals surface area contributed by atoms with Crippen molar-refractivity contribution >= 4 is 17.5 Å². The highest BCUT2D eigenvalue weighted by Gasteiger charge is 2.18. The lowest BCUT2D eigenvalue weighted by Gasteiger charge is -2.09. The summed E-state index contributed by atoms with van der Waals surface area (Å²) in [5, 5.41) is 12.3. The van der Waals surface area contributed by atoms with Crippen LogP contribution >= 0.6 is 11.8 Å². The van der Waals surface area contributed by atoms with E-state index in [1.54, 1.807) is 11.8 Å². The molecule has 2 rings (SSSR count). The van der Waals surface area contributed by atoms with Gasteiger partial charge in [-0.25, -0.2) is 4.68 Å². The molecule has 2 aromatic rings. The molecule has 8 heteroatoms. The Balaban J connectivity index is 2.08. The van der Waals surface area contributed by atoms with E-state index in [0.29, 0.717) is 17.5 Å². The summed E-state index contributed by atoms with van der Waals surface area (Å²) >= 11 is 1.37. The number of aryl methyl sites for hydroxylation is 1. The van der Waals surface area contributed by atoms with Crippen LogP contribution in [0.5, 0.6) is 0 Å². The number of methoxy groups -OCH3 is 1. The maximum atomic E-state index is 12.5. The van der Waals surface area contributed by atoms with E-state index in [9.17, 15) is 4.79 Å². The Morgan fingerprint density at radius 1 is 1.39 bits per heavy atom. The van der Waals surface area contributed by atoms with Gasteiger partial charge in [-0.3, -0.25) is 4.79 Å². The van der Waals surface area contributed by atoms with Crippen molar-refractivity contribution in [3.63, 3.8) is 0 Å². The van der Waals surface area contributed by atoms with Gasteiger partial charge in [0.25, 0.3) is 0 Å². The lowest BCUT2D eigenvalue weighted by molar-refractivity contribution is 0.102. The number of tetrazole rings is 1. The molecule has 126 valence electrons. The van der Waals surface area contributed by atoms with Gasteiger partial charge in [-0.2, -0.15) is 0 Å². The Morgan fingerprint density at radius 3 is 2.78 bits per heavy atom. The molecule has 0 aliphatic carbocycles. The predicted molar refractivity (Wildman–Crippen MR) is 89.0 cm³/mol. The lowest BCUT2D eigenvalue weighted by Crippen LogP contribution is -2.10. The van der Waals surface area contributed by atoms with E-state index in [1.807, 2.05) is 33.8 Å². The fourth-order valence-electron chi connectivity index (χ4n) is 2.42. The quantitative estimate of drug-likeness (QED) is 0.543. The first-order valence-corrected chi connectivity index (χ1v) is 8.53. The molecule has 2 heterocycles. The van der Waals surface area contributed by atoms with Crippen LogP contribution in [0.25, 0.3) is 0 Å². The highest BCUT2D eigenvalue weighted by Crippen LogP contribution is 2.21. The highest BCUT2D eigenvalue weighted by molar-refractivity contribution is 7.99. The summed E-state index contributed by atoms with van der Waals surface area (Å²) in [5.41, 5.74) is 2.81. The van der Waals surface area contributed by atoms with Crippen LogP contribution in [0.15, 0.2) is 11.2 Å². The standard InChI is InChI=1S/C15H23N5O2S/c1-10(2)20-15(16-17-18-20)23-9-14(21)13-8-11(3)19(12(13)4)6-7-22-5/h8,10H,6-7,9H2,1-5H3. The van der Waals surface area contributed by atoms with Crippen molar-refractivity contribution in [2.24, 2.45) is 0 Å². The van der Waals surface area contributed by atoms with Crippen LogP contribution in [0.4, 0.5) is 0 Å². The van der Waals surface area contributed by atoms with Gasteiger partial charge in [-0.05, 0) is 44.2 Å². The van der Waals surface area contributed by atoms with Crippen molar-refractivity contribution in [2.45, 2.75) is 45.4 Å². The highest BCUT2D eigenvalue weighted by atomic mass is 32.2. The van der Waals surface area contributed by atoms with Crippen molar-refractivity contribution in [2.75, 3.05) is 19.5 Å². The molecule has 2 aromatic heterocycles. The molecular weight excluding hydrogens is 314 g/mol. The van der Waals surface area contributed by atoms with Gasteiger partial charge in [0.05, 0.1) is 18.4 Å². The minimum atomic E-state index is 0.0880. The number of hydrogen-bond donors (Lipinski definition) is 0. The largest absolute Gasteiger partial charge is 0.383 e. The van der Waals surface area contributed by atoms with Crippen molar-refractivity contribution < 1.29 is 9.53 Å². The van der Waals surface area contributed by atoms with Crippen molar-refractivity contribution in [1.82, 2.24) is 24.8 Å². The van der Waals surface area contributed by atoms with Gasteiger partial charge in [0.2, 0.25) is 5.16 Å². The predicted octanol–water partition coefficient (Wildman–Crippen LogP) is 2.29. The van der Waals surface area contributed by atoms with Gasteiger partial charge in [-0.15, -0.1) is 5.10 Å². The van der Waals surface area contributed by atoms with Crippen LogP contribution in [0, 0.1) is 13.8 Å². The fraction of sp³-hybridized carbons (Fsp3) is 0.600. The molecule has 0 atom stereocenters. The first kappa shape index (κ1) is 17.7. The second kappa shape index (κ2) is 7.74. The van der Waals surface area contributed by atoms with Gasteiger partial charge >= 0.3 is 0 Å². The van der Waals surface area contributed by atoms with E-state index in [2.05, 4.69) is 20.1 Å². The smallest absolute Gasteiger partial charge is 0.209 e. The van der Waals surface area contributed by atoms with E-state index in [-0.39, 0.29) is 11.8 Å². The zero-order chi connectivity index (χ0) is 17.0. The molecule has 7 nitrogen and oxygen atoms in total. The number of carbonyl (C=O) groups is 1. The monoisotopic (exact) mass is 337 g/mol. The second-order valence-electron chi connectivity index (χ2n) is 5.64. The number of thioether (sulfide) groups is 1. The topological polar surface area (TPSA) is 74.8 Å². The molecule has 0 spiro atoms. The fourth-order valence-corrected chi connectivity index (χ4v) is 3.31. The third-order valence-corrected chi connectivity index (χ3v) is 4.61. The summed E-state index contributed by atoms with van der Waals surface area (Å²) in [7, 11) is 1.68. The number of nitrogens with zero attached hydrogens (tertiary/aromatic N) is 5. The molecule has 0 aliphatic rings. The summed E-state index contributed by atoms with van der Waals surface area (Å²) in [6.45, 7) is 9.37. The number of ketones is 1. The average Bonchev–Trinajstić information content (AvgIpc) is 3.08. The van der Waals surface area contributed by atoms with Crippen LogP contribution < -0.4 is 0 Å². The third kappa shape index (κ3) is 4.00. The zero-order valence-electron chi connectivity index (χ0n) is 14.2. The SMILES string of the molecule is COCCn1c(C)cc(C(=O)CSc2nnnn2C(C)C)c1C. The maximum Gasteiger partial charge on any atom is 0.209 e. The number of ether oxygens (including phenoxy) is 1. The number of rotatable bonds is 8. The molecule has 23 heavy (non-hydrogen) atoms. The summed E-state index contributed by atoms with van der Waals surface area (Å²) in [6.07, 6.45) is 0. The summed E-state index contributed by atoms with van der Waals surface area (Å²) in [4.78, 5) is 12.5. The van der Waals surface area contributed by atoms with E-state index in [1.165, 1.54) is 11.8 Å². The van der Waals surface area contributed by atoms with Gasteiger partial charge in [-0.1, -0.05) is 11.8 Å². The number of aromatic nitrogens is 5. The zero-order valence-corrected chi connectivity index (χ0v) is 15.1. The number of hydrogen-bond acceptors (Lipinski definition) is 6. The summed E-state index contributed by atoms with van der Waals surface area (Å²) < 4.78 is 8.96. The summed E-state index contributed by atoms with van der Waals surface area (Å²) in [6, 6.07) is 2.11. The molecule has 0 amide bonds. The Hall–Kier alpha value is -1.67. The average molecular weight is 337 g/mol. The molecule has 0 N–H and O–H groups in total. The van der Waals surface area contributed by atoms with Crippen molar-refractivity contribution in [3.05, 3.63) is 23.0 Å². The van der Waals surface area contributed by atoms with Crippen LogP contribution in [0.3, 0.4) is 0 Å². The number of Topliss-reactive ketones (excluding diaryl/α,β-unsaturated/α-hetero) is 1. The van der Waals surface area contributed by atoms with Crippen molar-refractivity contribution in [3.8, 4) is 0 Å². The molecule has 0 unspecified atom stereocenters. The minimum Gasteiger partial charge on any atom is -0.383 e. The third-order valence-electron chi connectivity index (χ3n) is 3.68. The van der Waals surface area contributed by atoms with Crippen LogP contribution in [-0.4, -0.2) is 50.0 Å². The summed E-state index contributed by atoms with van der Waals surface area (Å²) in [5.74, 6) is 0.409. The number of carbonyl (C=O) groups excluding carboxylic acids is 1. The van der Waals surface area contributed by atoms with E-state index in [4.69, 9.17) is 4.74 Å². The van der Waals surface area contributed by atoms with Gasteiger partial charge in [0.1, 0.15) is 0 Å². The Labute approximate surface area is 140 Å². The maximum absolute atomic E-state index is 12.5. The van der Waals surface area contributed by atoms with E-state index in [0.717, 1.165) is 23.5 Å². The second-order valence-corrected chi connectivity index (χ2v) is 6.58. The normalized spacial score (nSPS) is 11.4. The minimum absolute atomic E-state index is 0.0880. The molecule has 0 fully saturated rings. The Bertz CT molecular complexity index is 677. The van der Waals surface area contributed by atoms with Gasteiger partial charge in [0, 0.05) is 30.6 Å². The molecule has 0 bridgehead atoms. The Kier molecular flexibility index (Phi) is 5.95. The Morgan fingerprint density at radius 2 is 2.13 bits per heavy atom. The van der Waals surface area contributed by atoms with Gasteiger partial charge < -0.3 is 9.30 Å². The van der Waals surface area contributed by atoms with Crippen molar-refractivity contribution in [1.29, 1.82) is 0 Å². The first-order valence-electron chi connectivity index (χ1n) is 7.55. The van der Waals surface area contributed by atoms with Gasteiger partial charge in [0.15, 0.2) is 5.78 Å². The molecular formula is C15H23N5O2S. The molecule has 0 radical (unpaired) electrons. The van der Waals surface area contributed by atoms with Crippen LogP contribution in [0.1, 0.15) is 41.6 Å². The molecule has 0 saturated heterocycles. The molecule has 0 aliphatic heterocycles. The lowest BCUT2D eigenvalue weighted by atomic mass is 10.2. The first-order chi connectivity index (χ1) is 11.0. The van der Waals surface area contributed by atoms with Crippen LogP contribution in [0.2, 0.25) is 0 Å².